The summed E-state index contributed by atoms with van der Waals surface area (Å²) in [5.41, 5.74) is 1.97. The van der Waals surface area contributed by atoms with Crippen molar-refractivity contribution in [2.45, 2.75) is 45.7 Å². The molecule has 0 spiro atoms. The molecule has 0 amide bonds. The molecule has 2 unspecified atom stereocenters. The highest BCUT2D eigenvalue weighted by Gasteiger charge is 2.23. The Labute approximate surface area is 129 Å². The van der Waals surface area contributed by atoms with Crippen LogP contribution in [-0.4, -0.2) is 27.3 Å². The van der Waals surface area contributed by atoms with Crippen LogP contribution in [0.3, 0.4) is 0 Å². The molecule has 0 radical (unpaired) electrons. The van der Waals surface area contributed by atoms with Crippen molar-refractivity contribution in [1.29, 1.82) is 0 Å². The summed E-state index contributed by atoms with van der Waals surface area (Å²) in [5, 5.41) is 16.2. The minimum Gasteiger partial charge on any atom is -0.480 e. The number of carboxylic acids is 1. The molecule has 0 bridgehead atoms. The van der Waals surface area contributed by atoms with Crippen molar-refractivity contribution in [3.63, 3.8) is 0 Å². The molecule has 2 atom stereocenters. The van der Waals surface area contributed by atoms with Gasteiger partial charge in [0, 0.05) is 5.56 Å². The lowest BCUT2D eigenvalue weighted by Crippen LogP contribution is -2.38. The van der Waals surface area contributed by atoms with Crippen LogP contribution >= 0.6 is 0 Å². The molecule has 22 heavy (non-hydrogen) atoms. The normalized spacial score (nSPS) is 13.8. The Morgan fingerprint density at radius 1 is 1.41 bits per heavy atom. The molecule has 0 fully saturated rings. The molecule has 2 N–H and O–H groups in total. The van der Waals surface area contributed by atoms with E-state index in [0.717, 1.165) is 17.5 Å². The number of carboxylic acid groups (broad SMARTS) is 1. The van der Waals surface area contributed by atoms with Gasteiger partial charge in [-0.2, -0.15) is 4.98 Å². The smallest absolute Gasteiger partial charge is 0.320 e. The maximum Gasteiger partial charge on any atom is 0.320 e. The Bertz CT molecular complexity index is 639. The predicted molar refractivity (Wildman–Crippen MR) is 82.4 cm³/mol. The van der Waals surface area contributed by atoms with Crippen LogP contribution in [0.4, 0.5) is 0 Å². The fraction of sp³-hybridized carbons (Fsp3) is 0.438. The van der Waals surface area contributed by atoms with Crippen molar-refractivity contribution in [2.75, 3.05) is 0 Å². The third kappa shape index (κ3) is 3.71. The molecule has 0 aliphatic heterocycles. The monoisotopic (exact) mass is 303 g/mol. The van der Waals surface area contributed by atoms with Gasteiger partial charge in [0.05, 0.1) is 6.04 Å². The van der Waals surface area contributed by atoms with Crippen molar-refractivity contribution in [3.05, 3.63) is 35.7 Å². The van der Waals surface area contributed by atoms with Crippen LogP contribution in [0.15, 0.2) is 28.8 Å². The fourth-order valence-corrected chi connectivity index (χ4v) is 2.28. The number of carbonyl (C=O) groups is 1. The van der Waals surface area contributed by atoms with Crippen LogP contribution in [-0.2, 0) is 4.79 Å². The lowest BCUT2D eigenvalue weighted by Gasteiger charge is -2.16. The van der Waals surface area contributed by atoms with Crippen LogP contribution < -0.4 is 5.32 Å². The van der Waals surface area contributed by atoms with Crippen LogP contribution in [0.5, 0.6) is 0 Å². The van der Waals surface area contributed by atoms with Gasteiger partial charge >= 0.3 is 5.97 Å². The summed E-state index contributed by atoms with van der Waals surface area (Å²) in [6, 6.07) is 6.84. The summed E-state index contributed by atoms with van der Waals surface area (Å²) in [6.45, 7) is 5.75. The zero-order valence-corrected chi connectivity index (χ0v) is 13.0. The van der Waals surface area contributed by atoms with Gasteiger partial charge in [0.15, 0.2) is 0 Å². The Hall–Kier alpha value is -2.21. The third-order valence-electron chi connectivity index (χ3n) is 3.52. The number of aryl methyl sites for hydroxylation is 1. The molecular formula is C16H21N3O3. The first-order valence-electron chi connectivity index (χ1n) is 7.41. The lowest BCUT2D eigenvalue weighted by atomic mass is 10.1. The molecule has 0 saturated carbocycles. The molecule has 0 aliphatic carbocycles. The van der Waals surface area contributed by atoms with Gasteiger partial charge in [-0.3, -0.25) is 10.1 Å². The van der Waals surface area contributed by atoms with E-state index in [1.54, 1.807) is 0 Å². The second-order valence-corrected chi connectivity index (χ2v) is 5.34. The van der Waals surface area contributed by atoms with Crippen LogP contribution in [0, 0.1) is 6.92 Å². The molecule has 6 nitrogen and oxygen atoms in total. The molecule has 1 heterocycles. The van der Waals surface area contributed by atoms with E-state index in [2.05, 4.69) is 15.5 Å². The number of nitrogens with one attached hydrogen (secondary N) is 1. The number of rotatable bonds is 7. The standard InChI is InChI=1S/C16H21N3O3/c1-4-7-13(16(20)21)17-11(3)15-18-14(19-22-15)12-9-6-5-8-10(12)2/h5-6,8-9,11,13,17H,4,7H2,1-3H3,(H,20,21). The first-order chi connectivity index (χ1) is 10.5. The number of nitrogens with zero attached hydrogens (tertiary/aromatic N) is 2. The summed E-state index contributed by atoms with van der Waals surface area (Å²) in [4.78, 5) is 15.6. The van der Waals surface area contributed by atoms with E-state index >= 15 is 0 Å². The molecule has 0 saturated heterocycles. The van der Waals surface area contributed by atoms with Gasteiger partial charge in [-0.05, 0) is 25.8 Å². The number of aromatic nitrogens is 2. The van der Waals surface area contributed by atoms with Crippen LogP contribution in [0.25, 0.3) is 11.4 Å². The maximum absolute atomic E-state index is 11.2. The van der Waals surface area contributed by atoms with E-state index in [4.69, 9.17) is 4.52 Å². The summed E-state index contributed by atoms with van der Waals surface area (Å²) < 4.78 is 5.28. The highest BCUT2D eigenvalue weighted by atomic mass is 16.5. The molecule has 6 heteroatoms. The van der Waals surface area contributed by atoms with Gasteiger partial charge in [0.1, 0.15) is 6.04 Å². The summed E-state index contributed by atoms with van der Waals surface area (Å²) in [6.07, 6.45) is 1.34. The second-order valence-electron chi connectivity index (χ2n) is 5.34. The summed E-state index contributed by atoms with van der Waals surface area (Å²) in [7, 11) is 0. The van der Waals surface area contributed by atoms with Gasteiger partial charge < -0.3 is 9.63 Å². The molecular weight excluding hydrogens is 282 g/mol. The number of hydrogen-bond donors (Lipinski definition) is 2. The highest BCUT2D eigenvalue weighted by molar-refractivity contribution is 5.73. The second kappa shape index (κ2) is 7.17. The Balaban J connectivity index is 2.14. The molecule has 2 aromatic rings. The zero-order valence-electron chi connectivity index (χ0n) is 13.0. The van der Waals surface area contributed by atoms with Gasteiger partial charge in [-0.1, -0.05) is 42.8 Å². The van der Waals surface area contributed by atoms with E-state index < -0.39 is 12.0 Å². The molecule has 118 valence electrons. The van der Waals surface area contributed by atoms with Gasteiger partial charge in [-0.25, -0.2) is 0 Å². The molecule has 2 rings (SSSR count). The van der Waals surface area contributed by atoms with Crippen molar-refractivity contribution < 1.29 is 14.4 Å². The van der Waals surface area contributed by atoms with E-state index in [1.165, 1.54) is 0 Å². The average molecular weight is 303 g/mol. The van der Waals surface area contributed by atoms with Crippen LogP contribution in [0.1, 0.15) is 44.2 Å². The topological polar surface area (TPSA) is 88.3 Å². The van der Waals surface area contributed by atoms with E-state index in [0.29, 0.717) is 18.1 Å². The van der Waals surface area contributed by atoms with Crippen LogP contribution in [0.2, 0.25) is 0 Å². The van der Waals surface area contributed by atoms with E-state index in [9.17, 15) is 9.90 Å². The number of aliphatic carboxylic acids is 1. The van der Waals surface area contributed by atoms with Crippen molar-refractivity contribution in [2.24, 2.45) is 0 Å². The minimum atomic E-state index is -0.868. The average Bonchev–Trinajstić information content (AvgIpc) is 2.96. The minimum absolute atomic E-state index is 0.321. The van der Waals surface area contributed by atoms with E-state index in [1.807, 2.05) is 45.0 Å². The Morgan fingerprint density at radius 2 is 2.14 bits per heavy atom. The summed E-state index contributed by atoms with van der Waals surface area (Å²) in [5.74, 6) is 0.0389. The van der Waals surface area contributed by atoms with Crippen molar-refractivity contribution in [3.8, 4) is 11.4 Å². The molecule has 1 aromatic carbocycles. The number of benzene rings is 1. The van der Waals surface area contributed by atoms with Gasteiger partial charge in [0.2, 0.25) is 11.7 Å². The van der Waals surface area contributed by atoms with Crippen molar-refractivity contribution >= 4 is 5.97 Å². The first-order valence-corrected chi connectivity index (χ1v) is 7.41. The van der Waals surface area contributed by atoms with E-state index in [-0.39, 0.29) is 6.04 Å². The Morgan fingerprint density at radius 3 is 2.77 bits per heavy atom. The predicted octanol–water partition coefficient (Wildman–Crippen LogP) is 2.95. The highest BCUT2D eigenvalue weighted by Crippen LogP contribution is 2.22. The molecule has 1 aromatic heterocycles. The largest absolute Gasteiger partial charge is 0.480 e. The summed E-state index contributed by atoms with van der Waals surface area (Å²) >= 11 is 0. The fourth-order valence-electron chi connectivity index (χ4n) is 2.28. The van der Waals surface area contributed by atoms with Crippen molar-refractivity contribution in [1.82, 2.24) is 15.5 Å². The SMILES string of the molecule is CCCC(NC(C)c1nc(-c2ccccc2C)no1)C(=O)O. The number of hydrogen-bond acceptors (Lipinski definition) is 5. The molecule has 0 aliphatic rings. The third-order valence-corrected chi connectivity index (χ3v) is 3.52. The lowest BCUT2D eigenvalue weighted by molar-refractivity contribution is -0.139. The Kier molecular flexibility index (Phi) is 5.27. The van der Waals surface area contributed by atoms with Gasteiger partial charge in [0.25, 0.3) is 0 Å². The quantitative estimate of drug-likeness (QED) is 0.817. The zero-order chi connectivity index (χ0) is 16.1. The maximum atomic E-state index is 11.2. The van der Waals surface area contributed by atoms with Gasteiger partial charge in [-0.15, -0.1) is 0 Å². The first kappa shape index (κ1) is 16.2.